The molecule has 0 radical (unpaired) electrons. The second-order valence-electron chi connectivity index (χ2n) is 19.7. The number of nitrogens with one attached hydrogen (secondary N) is 5. The minimum Gasteiger partial charge on any atom is -0.497 e. The Morgan fingerprint density at radius 3 is 1.87 bits per heavy atom. The molecule has 4 amide bonds. The van der Waals surface area contributed by atoms with Crippen LogP contribution in [-0.2, 0) is 56.0 Å². The predicted molar refractivity (Wildman–Crippen MR) is 299 cm³/mol. The van der Waals surface area contributed by atoms with E-state index in [0.29, 0.717) is 31.7 Å². The molecule has 1 heterocycles. The number of likely N-dealkylation sites (tertiary alicyclic amines) is 1. The van der Waals surface area contributed by atoms with E-state index in [1.54, 1.807) is 26.0 Å². The topological polar surface area (TPSA) is 220 Å². The van der Waals surface area contributed by atoms with Crippen molar-refractivity contribution in [3.05, 3.63) is 65.7 Å². The van der Waals surface area contributed by atoms with Gasteiger partial charge in [-0.3, -0.25) is 19.2 Å². The number of likely N-dealkylation sites (N-methyl/N-ethyl adjacent to an activating group) is 2. The zero-order valence-electron chi connectivity index (χ0n) is 49.2. The number of methoxy groups -OCH3 is 1. The van der Waals surface area contributed by atoms with Gasteiger partial charge in [0.15, 0.2) is 5.78 Å². The maximum absolute atomic E-state index is 12.9. The molecule has 17 nitrogen and oxygen atoms in total. The standard InChI is InChI=1S/C28H45N3O6.C20H30N2O3.C6H13NO2.2C2H6/c1-18(2)23(12-13-27(34)31-25(16-32)19(3)4)30-28(35)14-20(5)37-17-26(33)24(29-6)15-21-8-10-22(36-7)11-9-21;1-4-15(2)13-17(21-3)19(23)22-12-8-11-18(22)20(24)25-14-16-9-6-5-7-10-16;1-6(2,3)9-5(8)7-4;2*1-2/h8-11,16,18-20,23-25,29H,12-15,17H2,1-7H3,(H,30,35)(H,31,34);5-7,9-10,15,17-18,21H,4,8,11-14H2,1-3H3;1-4H3,(H,7,8);2*1-2H3/t20?,23-,24?,25?;;;;/m0..../s1. The molecule has 1 aliphatic heterocycles. The number of amides is 4. The highest BCUT2D eigenvalue weighted by atomic mass is 16.6. The molecule has 0 saturated carbocycles. The van der Waals surface area contributed by atoms with Gasteiger partial charge >= 0.3 is 12.1 Å². The van der Waals surface area contributed by atoms with Gasteiger partial charge in [0, 0.05) is 26.1 Å². The highest BCUT2D eigenvalue weighted by molar-refractivity contribution is 5.88. The van der Waals surface area contributed by atoms with Gasteiger partial charge in [-0.05, 0) is 115 Å². The van der Waals surface area contributed by atoms with E-state index in [1.807, 2.05) is 138 Å². The first-order chi connectivity index (χ1) is 35.5. The van der Waals surface area contributed by atoms with Crippen molar-refractivity contribution in [2.75, 3.05) is 41.4 Å². The molecular formula is C58H100N6O11. The normalized spacial score (nSPS) is 15.1. The molecule has 0 aromatic heterocycles. The van der Waals surface area contributed by atoms with Gasteiger partial charge in [0.1, 0.15) is 36.9 Å². The Morgan fingerprint density at radius 1 is 0.787 bits per heavy atom. The van der Waals surface area contributed by atoms with Gasteiger partial charge in [0.05, 0.1) is 37.8 Å². The number of hydrogen-bond donors (Lipinski definition) is 5. The molecule has 2 aromatic rings. The van der Waals surface area contributed by atoms with Gasteiger partial charge in [0.25, 0.3) is 0 Å². The monoisotopic (exact) mass is 1060 g/mol. The van der Waals surface area contributed by atoms with E-state index in [4.69, 9.17) is 18.9 Å². The molecule has 3 rings (SSSR count). The van der Waals surface area contributed by atoms with Crippen molar-refractivity contribution >= 4 is 41.9 Å². The van der Waals surface area contributed by atoms with E-state index in [2.05, 4.69) is 40.4 Å². The number of rotatable bonds is 26. The Kier molecular flexibility index (Phi) is 39.1. The number of ketones is 1. The fraction of sp³-hybridized carbons (Fsp3) is 0.672. The fourth-order valence-electron chi connectivity index (χ4n) is 7.30. The number of aldehydes is 1. The quantitative estimate of drug-likeness (QED) is 0.0442. The number of carbonyl (C=O) groups excluding carboxylic acids is 7. The van der Waals surface area contributed by atoms with Crippen LogP contribution < -0.4 is 31.3 Å². The largest absolute Gasteiger partial charge is 0.497 e. The highest BCUT2D eigenvalue weighted by Gasteiger charge is 2.38. The van der Waals surface area contributed by atoms with Crippen molar-refractivity contribution in [3.8, 4) is 5.75 Å². The first-order valence-corrected chi connectivity index (χ1v) is 27.1. The molecule has 75 heavy (non-hydrogen) atoms. The van der Waals surface area contributed by atoms with Crippen LogP contribution in [0.2, 0.25) is 0 Å². The van der Waals surface area contributed by atoms with E-state index in [-0.39, 0.29) is 91.1 Å². The van der Waals surface area contributed by atoms with Gasteiger partial charge in [0.2, 0.25) is 17.7 Å². The van der Waals surface area contributed by atoms with E-state index in [1.165, 1.54) is 7.05 Å². The summed E-state index contributed by atoms with van der Waals surface area (Å²) in [5, 5.41) is 14.2. The van der Waals surface area contributed by atoms with E-state index >= 15 is 0 Å². The van der Waals surface area contributed by atoms with Gasteiger partial charge < -0.3 is 55.2 Å². The maximum atomic E-state index is 12.9. The summed E-state index contributed by atoms with van der Waals surface area (Å²) in [6.07, 6.45) is 4.55. The average molecular weight is 1060 g/mol. The summed E-state index contributed by atoms with van der Waals surface area (Å²) >= 11 is 0. The third kappa shape index (κ3) is 31.3. The zero-order valence-corrected chi connectivity index (χ0v) is 49.2. The van der Waals surface area contributed by atoms with E-state index < -0.39 is 24.2 Å². The van der Waals surface area contributed by atoms with Crippen LogP contribution in [0.25, 0.3) is 0 Å². The van der Waals surface area contributed by atoms with Crippen LogP contribution in [0.3, 0.4) is 0 Å². The van der Waals surface area contributed by atoms with Crippen molar-refractivity contribution < 1.29 is 52.5 Å². The molecule has 0 aliphatic carbocycles. The first-order valence-electron chi connectivity index (χ1n) is 27.1. The fourth-order valence-corrected chi connectivity index (χ4v) is 7.30. The summed E-state index contributed by atoms with van der Waals surface area (Å²) in [7, 11) is 6.68. The third-order valence-corrected chi connectivity index (χ3v) is 12.0. The van der Waals surface area contributed by atoms with Crippen LogP contribution in [-0.4, -0.2) is 130 Å². The minimum atomic E-state index is -0.515. The summed E-state index contributed by atoms with van der Waals surface area (Å²) in [4.78, 5) is 86.2. The Bertz CT molecular complexity index is 1890. The average Bonchev–Trinajstić information content (AvgIpc) is 3.90. The Balaban J connectivity index is 0. The van der Waals surface area contributed by atoms with Crippen LogP contribution in [0.5, 0.6) is 5.75 Å². The molecule has 428 valence electrons. The minimum absolute atomic E-state index is 0.0150. The van der Waals surface area contributed by atoms with Crippen molar-refractivity contribution in [3.63, 3.8) is 0 Å². The lowest BCUT2D eigenvalue weighted by molar-refractivity contribution is -0.155. The van der Waals surface area contributed by atoms with Crippen LogP contribution in [0.1, 0.15) is 153 Å². The van der Waals surface area contributed by atoms with Gasteiger partial charge in [-0.1, -0.05) is 118 Å². The molecule has 1 fully saturated rings. The van der Waals surface area contributed by atoms with Crippen molar-refractivity contribution in [1.82, 2.24) is 31.5 Å². The highest BCUT2D eigenvalue weighted by Crippen LogP contribution is 2.23. The van der Waals surface area contributed by atoms with Crippen LogP contribution in [0, 0.1) is 17.8 Å². The molecule has 5 N–H and O–H groups in total. The maximum Gasteiger partial charge on any atom is 0.407 e. The summed E-state index contributed by atoms with van der Waals surface area (Å²) in [6.45, 7) is 28.0. The lowest BCUT2D eigenvalue weighted by Crippen LogP contribution is -2.50. The summed E-state index contributed by atoms with van der Waals surface area (Å²) in [5.41, 5.74) is 1.57. The third-order valence-electron chi connectivity index (χ3n) is 12.0. The second kappa shape index (κ2) is 40.9. The molecular weight excluding hydrogens is 957 g/mol. The first kappa shape index (κ1) is 71.7. The molecule has 1 aliphatic rings. The van der Waals surface area contributed by atoms with E-state index in [0.717, 1.165) is 42.4 Å². The lowest BCUT2D eigenvalue weighted by Gasteiger charge is -2.28. The number of benzene rings is 2. The summed E-state index contributed by atoms with van der Waals surface area (Å²) in [5.74, 6) is 0.573. The Morgan fingerprint density at radius 2 is 1.39 bits per heavy atom. The number of nitrogens with zero attached hydrogens (tertiary/aromatic N) is 1. The Hall–Kier alpha value is -5.39. The molecule has 1 saturated heterocycles. The van der Waals surface area contributed by atoms with Crippen LogP contribution in [0.4, 0.5) is 4.79 Å². The smallest absolute Gasteiger partial charge is 0.407 e. The zero-order chi connectivity index (χ0) is 57.7. The van der Waals surface area contributed by atoms with Crippen molar-refractivity contribution in [1.29, 1.82) is 0 Å². The van der Waals surface area contributed by atoms with Gasteiger partial charge in [-0.2, -0.15) is 0 Å². The van der Waals surface area contributed by atoms with Crippen molar-refractivity contribution in [2.24, 2.45) is 17.8 Å². The number of Topliss-reactive ketones (excluding diaryl/α,β-unsaturated/α-hetero) is 1. The molecule has 0 spiro atoms. The van der Waals surface area contributed by atoms with Crippen LogP contribution in [0.15, 0.2) is 54.6 Å². The van der Waals surface area contributed by atoms with Crippen LogP contribution >= 0.6 is 0 Å². The summed E-state index contributed by atoms with van der Waals surface area (Å²) in [6, 6.07) is 15.4. The SMILES string of the molecule is CC.CC.CCC(C)CC(NC)C(=O)N1CCCC1C(=O)OCc1ccccc1.CNC(=O)OC(C)(C)C.CNC(Cc1ccc(OC)cc1)C(=O)COC(C)CC(=O)N[C@@H](CCC(=O)NC(C=O)C(C)C)C(C)C. The number of hydrogen-bond acceptors (Lipinski definition) is 13. The van der Waals surface area contributed by atoms with Gasteiger partial charge in [-0.25, -0.2) is 9.59 Å². The predicted octanol–water partition coefficient (Wildman–Crippen LogP) is 8.39. The van der Waals surface area contributed by atoms with Gasteiger partial charge in [-0.15, -0.1) is 0 Å². The summed E-state index contributed by atoms with van der Waals surface area (Å²) < 4.78 is 21.1. The van der Waals surface area contributed by atoms with E-state index in [9.17, 15) is 33.6 Å². The number of ether oxygens (including phenoxy) is 4. The Labute approximate surface area is 451 Å². The number of esters is 1. The number of alkyl carbamates (subject to hydrolysis) is 1. The second-order valence-corrected chi connectivity index (χ2v) is 19.7. The molecule has 6 unspecified atom stereocenters. The van der Waals surface area contributed by atoms with Crippen molar-refractivity contribution in [2.45, 2.75) is 197 Å². The molecule has 0 bridgehead atoms. The molecule has 2 aromatic carbocycles. The molecule has 17 heteroatoms. The lowest BCUT2D eigenvalue weighted by atomic mass is 9.98. The number of carbonyl (C=O) groups is 7. The molecule has 7 atom stereocenters.